The van der Waals surface area contributed by atoms with Gasteiger partial charge in [0.25, 0.3) is 0 Å². The van der Waals surface area contributed by atoms with Gasteiger partial charge in [0.05, 0.1) is 28.3 Å². The van der Waals surface area contributed by atoms with E-state index in [1.54, 1.807) is 11.6 Å². The van der Waals surface area contributed by atoms with E-state index in [0.717, 1.165) is 57.9 Å². The highest BCUT2D eigenvalue weighted by atomic mass is 19.4. The molecule has 1 aliphatic heterocycles. The Morgan fingerprint density at radius 3 is 2.28 bits per heavy atom. The molecule has 1 N–H and O–H groups in total. The van der Waals surface area contributed by atoms with Gasteiger partial charge in [0.15, 0.2) is 0 Å². The number of hydrogen-bond acceptors (Lipinski definition) is 3. The average molecular weight is 597 g/mol. The summed E-state index contributed by atoms with van der Waals surface area (Å²) in [6.07, 6.45) is -2.50. The van der Waals surface area contributed by atoms with Gasteiger partial charge >= 0.3 is 6.18 Å². The number of aromatic nitrogens is 2. The number of nitrogens with one attached hydrogen (secondary N) is 1. The number of hydrogen-bond donors (Lipinski definition) is 1. The van der Waals surface area contributed by atoms with Gasteiger partial charge in [-0.2, -0.15) is 18.3 Å². The zero-order chi connectivity index (χ0) is 31.1. The number of carbonyl (C=O) groups excluding carboxylic acids is 1. The van der Waals surface area contributed by atoms with Crippen LogP contribution in [0.1, 0.15) is 59.8 Å². The maximum atomic E-state index is 15.8. The van der Waals surface area contributed by atoms with E-state index in [1.807, 2.05) is 32.0 Å². The summed E-state index contributed by atoms with van der Waals surface area (Å²) in [4.78, 5) is 13.6. The van der Waals surface area contributed by atoms with Gasteiger partial charge in [0, 0.05) is 50.2 Å². The predicted molar refractivity (Wildman–Crippen MR) is 156 cm³/mol. The normalized spacial score (nSPS) is 13.7. The van der Waals surface area contributed by atoms with Crippen molar-refractivity contribution in [3.63, 3.8) is 0 Å². The van der Waals surface area contributed by atoms with Gasteiger partial charge in [0.2, 0.25) is 5.91 Å². The Hall–Kier alpha value is -4.05. The molecule has 0 radical (unpaired) electrons. The van der Waals surface area contributed by atoms with Crippen LogP contribution in [-0.2, 0) is 43.3 Å². The minimum atomic E-state index is -4.42. The molecular formula is C33H33F5N4O. The van der Waals surface area contributed by atoms with E-state index in [4.69, 9.17) is 5.10 Å². The fourth-order valence-electron chi connectivity index (χ4n) is 5.79. The van der Waals surface area contributed by atoms with Gasteiger partial charge in [-0.15, -0.1) is 0 Å². The number of alkyl halides is 3. The second-order valence-corrected chi connectivity index (χ2v) is 10.9. The minimum absolute atomic E-state index is 0.0147. The monoisotopic (exact) mass is 596 g/mol. The van der Waals surface area contributed by atoms with Crippen LogP contribution in [0.2, 0.25) is 0 Å². The maximum absolute atomic E-state index is 15.8. The van der Waals surface area contributed by atoms with Crippen LogP contribution in [0.3, 0.4) is 0 Å². The third-order valence-corrected chi connectivity index (χ3v) is 7.98. The van der Waals surface area contributed by atoms with Gasteiger partial charge in [-0.3, -0.25) is 9.69 Å². The topological polar surface area (TPSA) is 50.2 Å². The predicted octanol–water partition coefficient (Wildman–Crippen LogP) is 7.79. The van der Waals surface area contributed by atoms with E-state index in [2.05, 4.69) is 10.2 Å². The Morgan fingerprint density at radius 2 is 1.67 bits per heavy atom. The van der Waals surface area contributed by atoms with Gasteiger partial charge < -0.3 is 5.32 Å². The fraction of sp³-hybridized carbons (Fsp3) is 0.333. The highest BCUT2D eigenvalue weighted by Crippen LogP contribution is 2.38. The Labute approximate surface area is 247 Å². The van der Waals surface area contributed by atoms with Gasteiger partial charge in [-0.05, 0) is 60.2 Å². The van der Waals surface area contributed by atoms with Crippen LogP contribution in [0.4, 0.5) is 27.6 Å². The number of rotatable bonds is 7. The summed E-state index contributed by atoms with van der Waals surface area (Å²) in [5, 5.41) is 7.29. The number of amides is 1. The second kappa shape index (κ2) is 11.9. The zero-order valence-electron chi connectivity index (χ0n) is 24.5. The molecule has 2 heterocycles. The highest BCUT2D eigenvalue weighted by Gasteiger charge is 2.32. The van der Waals surface area contributed by atoms with Crippen molar-refractivity contribution in [3.8, 4) is 16.9 Å². The van der Waals surface area contributed by atoms with Crippen molar-refractivity contribution >= 4 is 11.6 Å². The van der Waals surface area contributed by atoms with Crippen LogP contribution in [0.5, 0.6) is 0 Å². The molecular weight excluding hydrogens is 563 g/mol. The third kappa shape index (κ3) is 6.06. The van der Waals surface area contributed by atoms with Crippen molar-refractivity contribution in [1.29, 1.82) is 0 Å². The first-order chi connectivity index (χ1) is 20.4. The molecule has 0 aliphatic carbocycles. The molecule has 1 amide bonds. The van der Waals surface area contributed by atoms with Gasteiger partial charge in [-0.1, -0.05) is 38.1 Å². The highest BCUT2D eigenvalue weighted by molar-refractivity contribution is 5.89. The third-order valence-electron chi connectivity index (χ3n) is 7.98. The van der Waals surface area contributed by atoms with Crippen LogP contribution in [-0.4, -0.2) is 27.1 Å². The second-order valence-electron chi connectivity index (χ2n) is 10.9. The molecule has 0 saturated heterocycles. The van der Waals surface area contributed by atoms with Crippen molar-refractivity contribution in [2.24, 2.45) is 0 Å². The van der Waals surface area contributed by atoms with Crippen LogP contribution < -0.4 is 5.32 Å². The molecule has 0 unspecified atom stereocenters. The SMILES string of the molecule is CCc1cccc(CC)c1-n1nc2c(c1-c1cc(F)c(NC(C)=O)cc1F)CN(Cc1ccc(C(F)(F)F)cc1C)CC2. The van der Waals surface area contributed by atoms with E-state index in [-0.39, 0.29) is 11.3 Å². The molecule has 226 valence electrons. The largest absolute Gasteiger partial charge is 0.416 e. The molecule has 3 aromatic carbocycles. The fourth-order valence-corrected chi connectivity index (χ4v) is 5.79. The molecule has 5 rings (SSSR count). The van der Waals surface area contributed by atoms with Crippen molar-refractivity contribution in [3.05, 3.63) is 99.2 Å². The number of halogens is 5. The quantitative estimate of drug-likeness (QED) is 0.222. The molecule has 4 aromatic rings. The number of anilines is 1. The lowest BCUT2D eigenvalue weighted by Crippen LogP contribution is -2.30. The molecule has 1 aliphatic rings. The molecule has 0 saturated carbocycles. The lowest BCUT2D eigenvalue weighted by molar-refractivity contribution is -0.137. The number of nitrogens with zero attached hydrogens (tertiary/aromatic N) is 3. The zero-order valence-corrected chi connectivity index (χ0v) is 24.5. The van der Waals surface area contributed by atoms with Gasteiger partial charge in [-0.25, -0.2) is 13.5 Å². The van der Waals surface area contributed by atoms with Crippen LogP contribution >= 0.6 is 0 Å². The van der Waals surface area contributed by atoms with Crippen LogP contribution in [0.25, 0.3) is 16.9 Å². The summed E-state index contributed by atoms with van der Waals surface area (Å²) in [6, 6.07) is 11.8. The average Bonchev–Trinajstić information content (AvgIpc) is 3.32. The first-order valence-electron chi connectivity index (χ1n) is 14.3. The molecule has 0 fully saturated rings. The summed E-state index contributed by atoms with van der Waals surface area (Å²) in [7, 11) is 0. The lowest BCUT2D eigenvalue weighted by atomic mass is 9.97. The Morgan fingerprint density at radius 1 is 0.977 bits per heavy atom. The molecule has 10 heteroatoms. The Balaban J connectivity index is 1.63. The first-order valence-corrected chi connectivity index (χ1v) is 14.3. The van der Waals surface area contributed by atoms with E-state index in [0.29, 0.717) is 50.2 Å². The van der Waals surface area contributed by atoms with Crippen molar-refractivity contribution < 1.29 is 26.7 Å². The number of carbonyl (C=O) groups is 1. The number of benzene rings is 3. The van der Waals surface area contributed by atoms with Crippen molar-refractivity contribution in [2.45, 2.75) is 66.2 Å². The van der Waals surface area contributed by atoms with Crippen molar-refractivity contribution in [2.75, 3.05) is 11.9 Å². The molecule has 0 bridgehead atoms. The molecule has 0 spiro atoms. The summed E-state index contributed by atoms with van der Waals surface area (Å²) in [5.74, 6) is -2.01. The van der Waals surface area contributed by atoms with Crippen LogP contribution in [0.15, 0.2) is 48.5 Å². The van der Waals surface area contributed by atoms with E-state index < -0.39 is 29.3 Å². The summed E-state index contributed by atoms with van der Waals surface area (Å²) >= 11 is 0. The lowest BCUT2D eigenvalue weighted by Gasteiger charge is -2.28. The Bertz CT molecular complexity index is 1670. The summed E-state index contributed by atoms with van der Waals surface area (Å²) in [6.45, 7) is 8.26. The molecule has 1 aromatic heterocycles. The summed E-state index contributed by atoms with van der Waals surface area (Å²) in [5.41, 5.74) is 5.11. The number of fused-ring (bicyclic) bond motifs is 1. The van der Waals surface area contributed by atoms with Crippen LogP contribution in [0, 0.1) is 18.6 Å². The van der Waals surface area contributed by atoms with E-state index in [1.165, 1.54) is 13.0 Å². The standard InChI is InChI=1S/C33H33F5N4O/c1-5-21-8-7-9-22(6-2)31(21)42-32(25-15-28(35)30(16-27(25)34)39-20(4)43)26-18-41(13-12-29(26)40-42)17-23-10-11-24(14-19(23)3)33(36,37)38/h7-11,14-16H,5-6,12-13,17-18H2,1-4H3,(H,39,43). The number of aryl methyl sites for hydroxylation is 3. The molecule has 5 nitrogen and oxygen atoms in total. The minimum Gasteiger partial charge on any atom is -0.324 e. The smallest absolute Gasteiger partial charge is 0.324 e. The molecule has 43 heavy (non-hydrogen) atoms. The molecule has 0 atom stereocenters. The first kappa shape index (κ1) is 30.4. The van der Waals surface area contributed by atoms with E-state index >= 15 is 8.78 Å². The maximum Gasteiger partial charge on any atom is 0.416 e. The van der Waals surface area contributed by atoms with E-state index in [9.17, 15) is 18.0 Å². The number of para-hydroxylation sites is 1. The van der Waals surface area contributed by atoms with Gasteiger partial charge in [0.1, 0.15) is 11.6 Å². The Kier molecular flexibility index (Phi) is 8.42. The van der Waals surface area contributed by atoms with Crippen molar-refractivity contribution in [1.82, 2.24) is 14.7 Å². The summed E-state index contributed by atoms with van der Waals surface area (Å²) < 4.78 is 72.5.